The first kappa shape index (κ1) is 19.7. The molecule has 5 nitrogen and oxygen atoms in total. The van der Waals surface area contributed by atoms with E-state index in [9.17, 15) is 18.0 Å². The van der Waals surface area contributed by atoms with Crippen molar-refractivity contribution in [2.45, 2.75) is 12.7 Å². The van der Waals surface area contributed by atoms with Gasteiger partial charge < -0.3 is 14.4 Å². The molecule has 26 heavy (non-hydrogen) atoms. The summed E-state index contributed by atoms with van der Waals surface area (Å²) in [6.07, 6.45) is -2.30. The normalized spacial score (nSPS) is 11.3. The van der Waals surface area contributed by atoms with Crippen LogP contribution in [0.3, 0.4) is 0 Å². The molecule has 0 atom stereocenters. The number of rotatable bonds is 8. The second kappa shape index (κ2) is 8.66. The average Bonchev–Trinajstić information content (AvgIpc) is 2.64. The summed E-state index contributed by atoms with van der Waals surface area (Å²) in [7, 11) is 2.97. The SMILES string of the molecule is COCCN(C=O)Cc1cc(-c2cccc(C(F)(F)F)c2)cnc1OC. The van der Waals surface area contributed by atoms with E-state index in [1.807, 2.05) is 0 Å². The largest absolute Gasteiger partial charge is 0.481 e. The lowest BCUT2D eigenvalue weighted by atomic mass is 10.0. The fourth-order valence-corrected chi connectivity index (χ4v) is 2.42. The molecule has 8 heteroatoms. The van der Waals surface area contributed by atoms with Gasteiger partial charge in [0.2, 0.25) is 12.3 Å². The third kappa shape index (κ3) is 4.95. The third-order valence-electron chi connectivity index (χ3n) is 3.75. The molecule has 0 saturated heterocycles. The number of pyridine rings is 1. The maximum atomic E-state index is 12.9. The van der Waals surface area contributed by atoms with Crippen molar-refractivity contribution < 1.29 is 27.4 Å². The van der Waals surface area contributed by atoms with E-state index in [1.54, 1.807) is 12.1 Å². The van der Waals surface area contributed by atoms with Crippen LogP contribution in [0.2, 0.25) is 0 Å². The number of alkyl halides is 3. The van der Waals surface area contributed by atoms with Crippen LogP contribution in [0.4, 0.5) is 13.2 Å². The van der Waals surface area contributed by atoms with E-state index < -0.39 is 11.7 Å². The number of methoxy groups -OCH3 is 2. The molecule has 0 spiro atoms. The van der Waals surface area contributed by atoms with Crippen LogP contribution in [0, 0.1) is 0 Å². The van der Waals surface area contributed by atoms with Crippen molar-refractivity contribution >= 4 is 6.41 Å². The highest BCUT2D eigenvalue weighted by Crippen LogP contribution is 2.33. The first-order valence-electron chi connectivity index (χ1n) is 7.78. The van der Waals surface area contributed by atoms with Gasteiger partial charge in [0.05, 0.1) is 25.8 Å². The summed E-state index contributed by atoms with van der Waals surface area (Å²) in [4.78, 5) is 16.8. The highest BCUT2D eigenvalue weighted by molar-refractivity contribution is 5.65. The number of carbonyl (C=O) groups is 1. The molecule has 0 aliphatic heterocycles. The Morgan fingerprint density at radius 3 is 2.58 bits per heavy atom. The molecule has 2 aromatic rings. The molecule has 1 aromatic heterocycles. The predicted molar refractivity (Wildman–Crippen MR) is 89.6 cm³/mol. The third-order valence-corrected chi connectivity index (χ3v) is 3.75. The number of amides is 1. The Bertz CT molecular complexity index is 751. The van der Waals surface area contributed by atoms with E-state index in [0.717, 1.165) is 12.1 Å². The zero-order valence-electron chi connectivity index (χ0n) is 14.4. The molecule has 1 aromatic carbocycles. The highest BCUT2D eigenvalue weighted by atomic mass is 19.4. The Morgan fingerprint density at radius 2 is 1.96 bits per heavy atom. The van der Waals surface area contributed by atoms with Crippen LogP contribution in [-0.2, 0) is 22.3 Å². The van der Waals surface area contributed by atoms with Gasteiger partial charge in [-0.1, -0.05) is 12.1 Å². The smallest absolute Gasteiger partial charge is 0.416 e. The van der Waals surface area contributed by atoms with Gasteiger partial charge in [0.25, 0.3) is 0 Å². The van der Waals surface area contributed by atoms with Gasteiger partial charge in [0, 0.05) is 31.0 Å². The Morgan fingerprint density at radius 1 is 1.19 bits per heavy atom. The Balaban J connectivity index is 2.36. The van der Waals surface area contributed by atoms with Crippen LogP contribution >= 0.6 is 0 Å². The molecule has 140 valence electrons. The van der Waals surface area contributed by atoms with Crippen LogP contribution in [0.1, 0.15) is 11.1 Å². The van der Waals surface area contributed by atoms with Crippen LogP contribution in [0.25, 0.3) is 11.1 Å². The van der Waals surface area contributed by atoms with E-state index >= 15 is 0 Å². The fourth-order valence-electron chi connectivity index (χ4n) is 2.42. The molecule has 0 aliphatic carbocycles. The van der Waals surface area contributed by atoms with Crippen molar-refractivity contribution in [3.63, 3.8) is 0 Å². The van der Waals surface area contributed by atoms with Gasteiger partial charge in [0.1, 0.15) is 0 Å². The van der Waals surface area contributed by atoms with Crippen LogP contribution in [0.5, 0.6) is 5.88 Å². The van der Waals surface area contributed by atoms with E-state index in [-0.39, 0.29) is 6.54 Å². The monoisotopic (exact) mass is 368 g/mol. The molecular weight excluding hydrogens is 349 g/mol. The van der Waals surface area contributed by atoms with Gasteiger partial charge >= 0.3 is 6.18 Å². The van der Waals surface area contributed by atoms with Crippen molar-refractivity contribution in [3.05, 3.63) is 47.7 Å². The summed E-state index contributed by atoms with van der Waals surface area (Å²) in [5, 5.41) is 0. The summed E-state index contributed by atoms with van der Waals surface area (Å²) in [6.45, 7) is 0.939. The first-order valence-corrected chi connectivity index (χ1v) is 7.78. The summed E-state index contributed by atoms with van der Waals surface area (Å²) >= 11 is 0. The zero-order chi connectivity index (χ0) is 19.2. The second-order valence-corrected chi connectivity index (χ2v) is 5.54. The maximum absolute atomic E-state index is 12.9. The number of hydrogen-bond donors (Lipinski definition) is 0. The molecule has 0 saturated carbocycles. The quantitative estimate of drug-likeness (QED) is 0.671. The molecule has 0 N–H and O–H groups in total. The summed E-state index contributed by atoms with van der Waals surface area (Å²) < 4.78 is 48.9. The van der Waals surface area contributed by atoms with E-state index in [4.69, 9.17) is 9.47 Å². The van der Waals surface area contributed by atoms with Gasteiger partial charge in [-0.3, -0.25) is 4.79 Å². The Hall–Kier alpha value is -2.61. The molecule has 2 rings (SSSR count). The summed E-state index contributed by atoms with van der Waals surface area (Å²) in [6, 6.07) is 6.67. The maximum Gasteiger partial charge on any atom is 0.416 e. The van der Waals surface area contributed by atoms with Crippen molar-refractivity contribution in [2.75, 3.05) is 27.4 Å². The number of benzene rings is 1. The van der Waals surface area contributed by atoms with Crippen LogP contribution in [0.15, 0.2) is 36.5 Å². The van der Waals surface area contributed by atoms with E-state index in [1.165, 1.54) is 31.4 Å². The topological polar surface area (TPSA) is 51.7 Å². The van der Waals surface area contributed by atoms with Gasteiger partial charge in [-0.25, -0.2) is 4.98 Å². The van der Waals surface area contributed by atoms with Crippen LogP contribution < -0.4 is 4.74 Å². The fraction of sp³-hybridized carbons (Fsp3) is 0.333. The Kier molecular flexibility index (Phi) is 6.57. The summed E-state index contributed by atoms with van der Waals surface area (Å²) in [5.41, 5.74) is 0.739. The van der Waals surface area contributed by atoms with Gasteiger partial charge in [0.15, 0.2) is 0 Å². The van der Waals surface area contributed by atoms with E-state index in [2.05, 4.69) is 4.98 Å². The number of nitrogens with zero attached hydrogens (tertiary/aromatic N) is 2. The minimum atomic E-state index is -4.42. The van der Waals surface area contributed by atoms with Gasteiger partial charge in [-0.05, 0) is 23.8 Å². The minimum absolute atomic E-state index is 0.204. The van der Waals surface area contributed by atoms with Gasteiger partial charge in [-0.2, -0.15) is 13.2 Å². The van der Waals surface area contributed by atoms with E-state index in [0.29, 0.717) is 42.1 Å². The lowest BCUT2D eigenvalue weighted by Gasteiger charge is -2.19. The molecule has 1 amide bonds. The van der Waals surface area contributed by atoms with Gasteiger partial charge in [-0.15, -0.1) is 0 Å². The van der Waals surface area contributed by atoms with Crippen LogP contribution in [-0.4, -0.2) is 43.7 Å². The number of halogens is 3. The number of ether oxygens (including phenoxy) is 2. The standard InChI is InChI=1S/C18H19F3N2O3/c1-25-7-6-23(12-24)11-15-8-14(10-22-17(15)26-2)13-4-3-5-16(9-13)18(19,20)21/h3-5,8-10,12H,6-7,11H2,1-2H3. The zero-order valence-corrected chi connectivity index (χ0v) is 14.4. The lowest BCUT2D eigenvalue weighted by Crippen LogP contribution is -2.25. The van der Waals surface area contributed by atoms with Crippen molar-refractivity contribution in [1.82, 2.24) is 9.88 Å². The van der Waals surface area contributed by atoms with Crippen molar-refractivity contribution in [3.8, 4) is 17.0 Å². The first-order chi connectivity index (χ1) is 12.4. The molecular formula is C18H19F3N2O3. The molecule has 0 aliphatic rings. The Labute approximate surface area is 149 Å². The molecule has 0 fully saturated rings. The van der Waals surface area contributed by atoms with Crippen molar-refractivity contribution in [1.29, 1.82) is 0 Å². The van der Waals surface area contributed by atoms with Crippen molar-refractivity contribution in [2.24, 2.45) is 0 Å². The summed E-state index contributed by atoms with van der Waals surface area (Å²) in [5.74, 6) is 0.310. The minimum Gasteiger partial charge on any atom is -0.481 e. The number of hydrogen-bond acceptors (Lipinski definition) is 4. The predicted octanol–water partition coefficient (Wildman–Crippen LogP) is 3.38. The molecule has 0 radical (unpaired) electrons. The number of aromatic nitrogens is 1. The molecule has 1 heterocycles. The number of carbonyl (C=O) groups excluding carboxylic acids is 1. The lowest BCUT2D eigenvalue weighted by molar-refractivity contribution is -0.137. The average molecular weight is 368 g/mol. The molecule has 0 unspecified atom stereocenters. The second-order valence-electron chi connectivity index (χ2n) is 5.54. The molecule has 0 bridgehead atoms. The highest BCUT2D eigenvalue weighted by Gasteiger charge is 2.30.